The number of hydrogen-bond acceptors (Lipinski definition) is 4. The quantitative estimate of drug-likeness (QED) is 0.706. The second kappa shape index (κ2) is 6.28. The van der Waals surface area contributed by atoms with Gasteiger partial charge in [-0.2, -0.15) is 0 Å². The van der Waals surface area contributed by atoms with Crippen LogP contribution in [0.2, 0.25) is 0 Å². The average Bonchev–Trinajstić information content (AvgIpc) is 3.35. The molecule has 4 saturated carbocycles. The lowest BCUT2D eigenvalue weighted by Gasteiger charge is -2.36. The molecule has 0 aliphatic heterocycles. The molecule has 140 valence electrons. The smallest absolute Gasteiger partial charge is 0.344 e. The van der Waals surface area contributed by atoms with Gasteiger partial charge in [-0.3, -0.25) is 4.79 Å². The van der Waals surface area contributed by atoms with E-state index in [-0.39, 0.29) is 30.1 Å². The largest absolute Gasteiger partial charge is 0.456 e. The van der Waals surface area contributed by atoms with Crippen molar-refractivity contribution < 1.29 is 19.1 Å². The van der Waals surface area contributed by atoms with Crippen LogP contribution in [-0.2, 0) is 19.1 Å². The van der Waals surface area contributed by atoms with Crippen molar-refractivity contribution in [2.45, 2.75) is 71.3 Å². The molecule has 8 unspecified atom stereocenters. The monoisotopic (exact) mass is 348 g/mol. The van der Waals surface area contributed by atoms with E-state index in [2.05, 4.69) is 20.8 Å². The maximum atomic E-state index is 12.5. The first kappa shape index (κ1) is 17.4. The fraction of sp³-hybridized carbons (Fsp3) is 0.905. The topological polar surface area (TPSA) is 52.6 Å². The minimum absolute atomic E-state index is 0.00775. The molecule has 0 spiro atoms. The highest BCUT2D eigenvalue weighted by molar-refractivity contribution is 5.78. The van der Waals surface area contributed by atoms with Gasteiger partial charge in [0.25, 0.3) is 0 Å². The molecule has 0 aromatic rings. The number of carbonyl (C=O) groups excluding carboxylic acids is 2. The Bertz CT molecular complexity index is 556. The van der Waals surface area contributed by atoms with Crippen molar-refractivity contribution >= 4 is 11.9 Å². The number of fused-ring (bicyclic) bond motifs is 4. The Balaban J connectivity index is 1.29. The number of esters is 2. The maximum Gasteiger partial charge on any atom is 0.344 e. The van der Waals surface area contributed by atoms with Gasteiger partial charge >= 0.3 is 11.9 Å². The first-order valence-electron chi connectivity index (χ1n) is 10.3. The standard InChI is InChI=1S/C21H32O4/c1-4-21(10-14-5-6-16(21)7-14)25-19(22)11-24-20(23)18-9-15-8-17(18)13(3)12(15)2/h12-18H,4-11H2,1-3H3. The van der Waals surface area contributed by atoms with Crippen LogP contribution >= 0.6 is 0 Å². The molecule has 0 radical (unpaired) electrons. The third-order valence-corrected chi connectivity index (χ3v) is 8.37. The van der Waals surface area contributed by atoms with Crippen LogP contribution in [0.5, 0.6) is 0 Å². The normalized spacial score (nSPS) is 47.2. The van der Waals surface area contributed by atoms with Crippen LogP contribution in [0.15, 0.2) is 0 Å². The summed E-state index contributed by atoms with van der Waals surface area (Å²) in [4.78, 5) is 24.8. The van der Waals surface area contributed by atoms with Crippen LogP contribution < -0.4 is 0 Å². The Morgan fingerprint density at radius 3 is 2.44 bits per heavy atom. The highest BCUT2D eigenvalue weighted by Gasteiger charge is 2.53. The van der Waals surface area contributed by atoms with Gasteiger partial charge in [-0.1, -0.05) is 20.8 Å². The van der Waals surface area contributed by atoms with E-state index < -0.39 is 0 Å². The van der Waals surface area contributed by atoms with Crippen molar-refractivity contribution in [2.75, 3.05) is 6.61 Å². The fourth-order valence-electron chi connectivity index (χ4n) is 6.73. The lowest BCUT2D eigenvalue weighted by Crippen LogP contribution is -2.41. The van der Waals surface area contributed by atoms with E-state index in [0.29, 0.717) is 29.6 Å². The van der Waals surface area contributed by atoms with Gasteiger partial charge in [0, 0.05) is 0 Å². The van der Waals surface area contributed by atoms with E-state index in [1.807, 2.05) is 0 Å². The molecular formula is C21H32O4. The van der Waals surface area contributed by atoms with Crippen LogP contribution in [0.1, 0.15) is 65.7 Å². The highest BCUT2D eigenvalue weighted by Crippen LogP contribution is 2.55. The summed E-state index contributed by atoms with van der Waals surface area (Å²) in [5.41, 5.74) is -0.289. The van der Waals surface area contributed by atoms with Crippen LogP contribution in [0.4, 0.5) is 0 Å². The molecule has 4 rings (SSSR count). The second-order valence-corrected chi connectivity index (χ2v) is 9.30. The molecule has 25 heavy (non-hydrogen) atoms. The zero-order chi connectivity index (χ0) is 17.8. The molecular weight excluding hydrogens is 316 g/mol. The lowest BCUT2D eigenvalue weighted by molar-refractivity contribution is -0.177. The summed E-state index contributed by atoms with van der Waals surface area (Å²) in [6.45, 7) is 6.45. The summed E-state index contributed by atoms with van der Waals surface area (Å²) in [7, 11) is 0. The number of rotatable bonds is 5. The first-order valence-corrected chi connectivity index (χ1v) is 10.3. The SMILES string of the molecule is CCC1(OC(=O)COC(=O)C2CC3CC2C(C)C3C)CC2CCC1C2. The van der Waals surface area contributed by atoms with Gasteiger partial charge in [0.2, 0.25) is 0 Å². The zero-order valence-electron chi connectivity index (χ0n) is 15.8. The molecule has 4 nitrogen and oxygen atoms in total. The van der Waals surface area contributed by atoms with Gasteiger partial charge in [0.05, 0.1) is 5.92 Å². The minimum Gasteiger partial charge on any atom is -0.456 e. The summed E-state index contributed by atoms with van der Waals surface area (Å²) in [5, 5.41) is 0. The van der Waals surface area contributed by atoms with E-state index in [4.69, 9.17) is 9.47 Å². The van der Waals surface area contributed by atoms with Crippen molar-refractivity contribution in [1.29, 1.82) is 0 Å². The van der Waals surface area contributed by atoms with E-state index >= 15 is 0 Å². The van der Waals surface area contributed by atoms with Gasteiger partial charge in [-0.05, 0) is 80.5 Å². The summed E-state index contributed by atoms with van der Waals surface area (Å²) < 4.78 is 11.3. The van der Waals surface area contributed by atoms with Crippen LogP contribution in [0.25, 0.3) is 0 Å². The molecule has 0 aromatic heterocycles. The number of hydrogen-bond donors (Lipinski definition) is 0. The number of ether oxygens (including phenoxy) is 2. The predicted octanol–water partition coefficient (Wildman–Crippen LogP) is 3.97. The maximum absolute atomic E-state index is 12.5. The molecule has 4 heteroatoms. The Labute approximate surface area is 151 Å². The second-order valence-electron chi connectivity index (χ2n) is 9.30. The summed E-state index contributed by atoms with van der Waals surface area (Å²) in [6.07, 6.45) is 7.60. The van der Waals surface area contributed by atoms with Crippen molar-refractivity contribution in [3.05, 3.63) is 0 Å². The molecule has 4 aliphatic rings. The molecule has 8 atom stereocenters. The Morgan fingerprint density at radius 1 is 1.08 bits per heavy atom. The molecule has 4 fully saturated rings. The number of carbonyl (C=O) groups is 2. The Hall–Kier alpha value is -1.06. The van der Waals surface area contributed by atoms with Gasteiger partial charge in [-0.25, -0.2) is 4.79 Å². The third-order valence-electron chi connectivity index (χ3n) is 8.37. The minimum atomic E-state index is -0.354. The zero-order valence-corrected chi connectivity index (χ0v) is 15.8. The summed E-state index contributed by atoms with van der Waals surface area (Å²) in [5.74, 6) is 3.08. The van der Waals surface area contributed by atoms with Crippen molar-refractivity contribution in [3.63, 3.8) is 0 Å². The van der Waals surface area contributed by atoms with Gasteiger partial charge in [-0.15, -0.1) is 0 Å². The van der Waals surface area contributed by atoms with Crippen molar-refractivity contribution in [1.82, 2.24) is 0 Å². The molecule has 4 aliphatic carbocycles. The molecule has 0 saturated heterocycles. The Morgan fingerprint density at radius 2 is 1.88 bits per heavy atom. The van der Waals surface area contributed by atoms with E-state index in [1.54, 1.807) is 0 Å². The van der Waals surface area contributed by atoms with E-state index in [1.165, 1.54) is 19.3 Å². The van der Waals surface area contributed by atoms with Crippen LogP contribution in [-0.4, -0.2) is 24.1 Å². The van der Waals surface area contributed by atoms with Crippen molar-refractivity contribution in [3.8, 4) is 0 Å². The third kappa shape index (κ3) is 2.80. The Kier molecular flexibility index (Phi) is 4.36. The van der Waals surface area contributed by atoms with Gasteiger partial charge in [0.1, 0.15) is 5.60 Å². The van der Waals surface area contributed by atoms with Gasteiger partial charge < -0.3 is 9.47 Å². The molecule has 0 N–H and O–H groups in total. The summed E-state index contributed by atoms with van der Waals surface area (Å²) >= 11 is 0. The van der Waals surface area contributed by atoms with E-state index in [0.717, 1.165) is 31.6 Å². The molecule has 4 bridgehead atoms. The van der Waals surface area contributed by atoms with E-state index in [9.17, 15) is 9.59 Å². The van der Waals surface area contributed by atoms with Crippen LogP contribution in [0, 0.1) is 41.4 Å². The van der Waals surface area contributed by atoms with Crippen LogP contribution in [0.3, 0.4) is 0 Å². The predicted molar refractivity (Wildman–Crippen MR) is 93.6 cm³/mol. The first-order chi connectivity index (χ1) is 11.9. The lowest BCUT2D eigenvalue weighted by atomic mass is 9.76. The molecule has 0 amide bonds. The average molecular weight is 348 g/mol. The molecule has 0 heterocycles. The van der Waals surface area contributed by atoms with Gasteiger partial charge in [0.15, 0.2) is 6.61 Å². The fourth-order valence-corrected chi connectivity index (χ4v) is 6.73. The molecule has 0 aromatic carbocycles. The highest BCUT2D eigenvalue weighted by atomic mass is 16.6. The van der Waals surface area contributed by atoms with Crippen molar-refractivity contribution in [2.24, 2.45) is 41.4 Å². The summed E-state index contributed by atoms with van der Waals surface area (Å²) in [6, 6.07) is 0.